The molecule has 2 aromatic heterocycles. The lowest BCUT2D eigenvalue weighted by Crippen LogP contribution is -2.04. The van der Waals surface area contributed by atoms with Crippen molar-refractivity contribution in [2.24, 2.45) is 0 Å². The van der Waals surface area contributed by atoms with Gasteiger partial charge in [0.05, 0.1) is 11.2 Å². The molecule has 5 nitrogen and oxygen atoms in total. The van der Waals surface area contributed by atoms with E-state index in [1.807, 2.05) is 0 Å². The molecule has 2 rings (SSSR count). The molecule has 7 heteroatoms. The van der Waals surface area contributed by atoms with E-state index in [4.69, 9.17) is 22.7 Å². The number of nitrogens with one attached hydrogen (secondary N) is 1. The topological polar surface area (TPSA) is 88.5 Å². The molecule has 0 amide bonds. The minimum atomic E-state index is -0.691. The summed E-state index contributed by atoms with van der Waals surface area (Å²) < 4.78 is 13.1. The van der Waals surface area contributed by atoms with Gasteiger partial charge in [0.25, 0.3) is 0 Å². The van der Waals surface area contributed by atoms with Crippen molar-refractivity contribution in [1.29, 1.82) is 5.41 Å². The van der Waals surface area contributed by atoms with Gasteiger partial charge in [0.2, 0.25) is 0 Å². The van der Waals surface area contributed by atoms with Crippen LogP contribution in [0.2, 0.25) is 5.02 Å². The van der Waals surface area contributed by atoms with Crippen LogP contribution in [0.1, 0.15) is 17.1 Å². The number of hydrogen-bond donors (Lipinski definition) is 2. The zero-order chi connectivity index (χ0) is 14.7. The molecule has 0 aliphatic heterocycles. The minimum absolute atomic E-state index is 0.208. The highest BCUT2D eigenvalue weighted by molar-refractivity contribution is 6.30. The third kappa shape index (κ3) is 2.80. The summed E-state index contributed by atoms with van der Waals surface area (Å²) in [6.07, 6.45) is 5.07. The highest BCUT2D eigenvalue weighted by atomic mass is 35.5. The largest absolute Gasteiger partial charge is 0.381 e. The molecule has 0 unspecified atom stereocenters. The van der Waals surface area contributed by atoms with Crippen molar-refractivity contribution in [3.63, 3.8) is 0 Å². The summed E-state index contributed by atoms with van der Waals surface area (Å²) in [6, 6.07) is 1.68. The molecule has 20 heavy (non-hydrogen) atoms. The lowest BCUT2D eigenvalue weighted by molar-refractivity contribution is 0.618. The molecule has 3 N–H and O–H groups in total. The van der Waals surface area contributed by atoms with E-state index in [0.717, 1.165) is 12.4 Å². The van der Waals surface area contributed by atoms with Crippen molar-refractivity contribution in [3.05, 3.63) is 52.5 Å². The maximum absolute atomic E-state index is 13.1. The quantitative estimate of drug-likeness (QED) is 0.851. The van der Waals surface area contributed by atoms with E-state index in [9.17, 15) is 4.39 Å². The Balaban J connectivity index is 2.62. The SMILES string of the molecule is Cc1ncc(Cl)cc1/C(=C\C=N)c1ncc(F)c(N)n1. The van der Waals surface area contributed by atoms with Gasteiger partial charge in [-0.2, -0.15) is 0 Å². The summed E-state index contributed by atoms with van der Waals surface area (Å²) >= 11 is 5.93. The van der Waals surface area contributed by atoms with E-state index < -0.39 is 5.82 Å². The predicted octanol–water partition coefficient (Wildman–Crippen LogP) is 2.64. The maximum atomic E-state index is 13.1. The van der Waals surface area contributed by atoms with E-state index >= 15 is 0 Å². The standard InChI is InChI=1S/C13H11ClFN5/c1-7-10(4-8(14)5-18-7)9(2-3-16)13-19-6-11(15)12(17)20-13/h2-6,16H,1H3,(H2,17,19,20)/b9-2+,16-3?. The Morgan fingerprint density at radius 1 is 1.40 bits per heavy atom. The number of hydrogen-bond acceptors (Lipinski definition) is 5. The van der Waals surface area contributed by atoms with Crippen molar-refractivity contribution in [2.45, 2.75) is 6.92 Å². The average Bonchev–Trinajstić information content (AvgIpc) is 2.42. The van der Waals surface area contributed by atoms with Gasteiger partial charge in [0, 0.05) is 29.2 Å². The molecule has 0 bridgehead atoms. The van der Waals surface area contributed by atoms with Gasteiger partial charge in [0.1, 0.15) is 0 Å². The summed E-state index contributed by atoms with van der Waals surface area (Å²) in [5, 5.41) is 7.68. The molecule has 0 radical (unpaired) electrons. The fourth-order valence-corrected chi connectivity index (χ4v) is 1.82. The van der Waals surface area contributed by atoms with Gasteiger partial charge in [-0.1, -0.05) is 11.6 Å². The van der Waals surface area contributed by atoms with Crippen LogP contribution < -0.4 is 5.73 Å². The van der Waals surface area contributed by atoms with E-state index in [2.05, 4.69) is 15.0 Å². The lowest BCUT2D eigenvalue weighted by Gasteiger charge is -2.09. The number of nitrogen functional groups attached to an aromatic ring is 1. The molecular weight excluding hydrogens is 281 g/mol. The Labute approximate surface area is 119 Å². The van der Waals surface area contributed by atoms with Gasteiger partial charge in [-0.3, -0.25) is 4.98 Å². The lowest BCUT2D eigenvalue weighted by atomic mass is 10.0. The first-order chi connectivity index (χ1) is 9.52. The number of anilines is 1. The number of aryl methyl sites for hydroxylation is 1. The van der Waals surface area contributed by atoms with Gasteiger partial charge in [-0.15, -0.1) is 0 Å². The van der Waals surface area contributed by atoms with Crippen LogP contribution in [-0.4, -0.2) is 21.2 Å². The molecule has 102 valence electrons. The molecule has 0 atom stereocenters. The van der Waals surface area contributed by atoms with Crippen molar-refractivity contribution >= 4 is 29.2 Å². The van der Waals surface area contributed by atoms with Crippen LogP contribution in [0.3, 0.4) is 0 Å². The molecular formula is C13H11ClFN5. The first-order valence-electron chi connectivity index (χ1n) is 5.64. The zero-order valence-electron chi connectivity index (χ0n) is 10.6. The molecule has 0 fully saturated rings. The van der Waals surface area contributed by atoms with Gasteiger partial charge < -0.3 is 11.1 Å². The summed E-state index contributed by atoms with van der Waals surface area (Å²) in [5.74, 6) is -0.734. The van der Waals surface area contributed by atoms with Gasteiger partial charge in [0.15, 0.2) is 17.5 Å². The van der Waals surface area contributed by atoms with Crippen molar-refractivity contribution < 1.29 is 4.39 Å². The molecule has 0 saturated heterocycles. The normalized spacial score (nSPS) is 11.4. The van der Waals surface area contributed by atoms with Gasteiger partial charge in [-0.25, -0.2) is 14.4 Å². The Hall–Kier alpha value is -2.34. The van der Waals surface area contributed by atoms with Crippen LogP contribution in [0.4, 0.5) is 10.2 Å². The Morgan fingerprint density at radius 3 is 2.80 bits per heavy atom. The number of nitrogens with zero attached hydrogens (tertiary/aromatic N) is 3. The number of pyridine rings is 1. The fraction of sp³-hybridized carbons (Fsp3) is 0.0769. The molecule has 0 aromatic carbocycles. The Bertz CT molecular complexity index is 699. The first kappa shape index (κ1) is 14.1. The molecule has 0 saturated carbocycles. The summed E-state index contributed by atoms with van der Waals surface area (Å²) in [4.78, 5) is 11.9. The van der Waals surface area contributed by atoms with Crippen LogP contribution in [0.25, 0.3) is 5.57 Å². The van der Waals surface area contributed by atoms with Crippen molar-refractivity contribution in [2.75, 3.05) is 5.73 Å². The van der Waals surface area contributed by atoms with Gasteiger partial charge >= 0.3 is 0 Å². The number of aromatic nitrogens is 3. The van der Waals surface area contributed by atoms with E-state index in [1.165, 1.54) is 12.3 Å². The van der Waals surface area contributed by atoms with Gasteiger partial charge in [-0.05, 0) is 19.1 Å². The summed E-state index contributed by atoms with van der Waals surface area (Å²) in [7, 11) is 0. The second-order valence-corrected chi connectivity index (χ2v) is 4.40. The van der Waals surface area contributed by atoms with Crippen molar-refractivity contribution in [1.82, 2.24) is 15.0 Å². The second kappa shape index (κ2) is 5.75. The Kier molecular flexibility index (Phi) is 4.05. The van der Waals surface area contributed by atoms with E-state index in [0.29, 0.717) is 21.9 Å². The average molecular weight is 292 g/mol. The molecule has 2 aromatic rings. The number of halogens is 2. The fourth-order valence-electron chi connectivity index (χ4n) is 1.66. The highest BCUT2D eigenvalue weighted by Crippen LogP contribution is 2.25. The van der Waals surface area contributed by atoms with Crippen molar-refractivity contribution in [3.8, 4) is 0 Å². The second-order valence-electron chi connectivity index (χ2n) is 3.96. The number of allylic oxidation sites excluding steroid dienone is 1. The third-order valence-electron chi connectivity index (χ3n) is 2.61. The highest BCUT2D eigenvalue weighted by Gasteiger charge is 2.13. The van der Waals surface area contributed by atoms with Crippen LogP contribution in [-0.2, 0) is 0 Å². The third-order valence-corrected chi connectivity index (χ3v) is 2.81. The summed E-state index contributed by atoms with van der Waals surface area (Å²) in [5.41, 5.74) is 7.30. The smallest absolute Gasteiger partial charge is 0.183 e. The predicted molar refractivity (Wildman–Crippen MR) is 76.2 cm³/mol. The van der Waals surface area contributed by atoms with Crippen LogP contribution >= 0.6 is 11.6 Å². The number of rotatable bonds is 3. The van der Waals surface area contributed by atoms with E-state index in [-0.39, 0.29) is 11.6 Å². The maximum Gasteiger partial charge on any atom is 0.183 e. The molecule has 0 aliphatic carbocycles. The molecule has 0 aliphatic rings. The van der Waals surface area contributed by atoms with Crippen LogP contribution in [0.15, 0.2) is 24.5 Å². The summed E-state index contributed by atoms with van der Waals surface area (Å²) in [6.45, 7) is 1.79. The number of nitrogens with two attached hydrogens (primary N) is 1. The van der Waals surface area contributed by atoms with Crippen LogP contribution in [0, 0.1) is 18.2 Å². The first-order valence-corrected chi connectivity index (χ1v) is 6.02. The zero-order valence-corrected chi connectivity index (χ0v) is 11.3. The Morgan fingerprint density at radius 2 is 2.15 bits per heavy atom. The van der Waals surface area contributed by atoms with Crippen LogP contribution in [0.5, 0.6) is 0 Å². The van der Waals surface area contributed by atoms with E-state index in [1.54, 1.807) is 13.0 Å². The monoisotopic (exact) mass is 291 g/mol. The molecule has 2 heterocycles. The molecule has 0 spiro atoms. The minimum Gasteiger partial charge on any atom is -0.381 e.